The molecule has 1 aromatic heterocycles. The number of nitrogens with zero attached hydrogens (tertiary/aromatic N) is 2. The highest BCUT2D eigenvalue weighted by molar-refractivity contribution is 9.10. The number of rotatable bonds is 4. The minimum Gasteiger partial charge on any atom is -0.346 e. The van der Waals surface area contributed by atoms with E-state index in [0.717, 1.165) is 35.5 Å². The Morgan fingerprint density at radius 1 is 1.38 bits per heavy atom. The Morgan fingerprint density at radius 2 is 2.14 bits per heavy atom. The normalized spacial score (nSPS) is 16.5. The molecule has 21 heavy (non-hydrogen) atoms. The molecule has 0 unspecified atom stereocenters. The molecule has 1 aliphatic carbocycles. The van der Waals surface area contributed by atoms with Gasteiger partial charge in [-0.1, -0.05) is 12.8 Å². The second-order valence-electron chi connectivity index (χ2n) is 5.80. The van der Waals surface area contributed by atoms with Crippen molar-refractivity contribution >= 4 is 33.0 Å². The van der Waals surface area contributed by atoms with Gasteiger partial charge in [0.05, 0.1) is 9.99 Å². The first-order valence-corrected chi connectivity index (χ1v) is 8.46. The Kier molecular flexibility index (Phi) is 4.43. The molecule has 0 atom stereocenters. The first-order valence-electron chi connectivity index (χ1n) is 7.66. The number of halogens is 2. The van der Waals surface area contributed by atoms with Gasteiger partial charge in [0.2, 0.25) is 0 Å². The topological polar surface area (TPSA) is 17.3 Å². The summed E-state index contributed by atoms with van der Waals surface area (Å²) >= 11 is 3.30. The van der Waals surface area contributed by atoms with Gasteiger partial charge in [-0.05, 0) is 53.7 Å². The summed E-state index contributed by atoms with van der Waals surface area (Å²) in [6.45, 7) is 3.77. The van der Waals surface area contributed by atoms with Gasteiger partial charge in [-0.3, -0.25) is 4.99 Å². The molecule has 0 aliphatic heterocycles. The lowest BCUT2D eigenvalue weighted by Crippen LogP contribution is -2.06. The molecule has 2 nitrogen and oxygen atoms in total. The average Bonchev–Trinajstić information content (AvgIpc) is 3.08. The molecule has 0 bridgehead atoms. The van der Waals surface area contributed by atoms with Crippen LogP contribution < -0.4 is 0 Å². The predicted molar refractivity (Wildman–Crippen MR) is 89.7 cm³/mol. The van der Waals surface area contributed by atoms with Gasteiger partial charge in [-0.2, -0.15) is 0 Å². The Hall–Kier alpha value is -1.16. The van der Waals surface area contributed by atoms with Crippen molar-refractivity contribution in [2.45, 2.75) is 39.2 Å². The molecule has 0 radical (unpaired) electrons. The van der Waals surface area contributed by atoms with Crippen LogP contribution >= 0.6 is 15.9 Å². The SMILES string of the molecule is CCN=Cc1cn(CC2CCCC2)c2cc(Br)c(F)cc12. The van der Waals surface area contributed by atoms with Crippen LogP contribution in [-0.4, -0.2) is 17.3 Å². The fourth-order valence-electron chi connectivity index (χ4n) is 3.23. The maximum absolute atomic E-state index is 13.9. The monoisotopic (exact) mass is 350 g/mol. The molecule has 0 spiro atoms. The van der Waals surface area contributed by atoms with E-state index in [0.29, 0.717) is 4.47 Å². The number of fused-ring (bicyclic) bond motifs is 1. The molecule has 1 aromatic carbocycles. The molecule has 0 amide bonds. The van der Waals surface area contributed by atoms with Crippen LogP contribution in [0.25, 0.3) is 10.9 Å². The fraction of sp³-hybridized carbons (Fsp3) is 0.471. The number of hydrogen-bond donors (Lipinski definition) is 0. The molecular formula is C17H20BrFN2. The second kappa shape index (κ2) is 6.30. The zero-order valence-electron chi connectivity index (χ0n) is 12.3. The van der Waals surface area contributed by atoms with Crippen LogP contribution in [0.5, 0.6) is 0 Å². The van der Waals surface area contributed by atoms with Crippen molar-refractivity contribution in [3.63, 3.8) is 0 Å². The Bertz CT molecular complexity index is 669. The van der Waals surface area contributed by atoms with E-state index in [2.05, 4.69) is 31.7 Å². The number of hydrogen-bond acceptors (Lipinski definition) is 1. The lowest BCUT2D eigenvalue weighted by atomic mass is 10.1. The van der Waals surface area contributed by atoms with Gasteiger partial charge in [0.15, 0.2) is 0 Å². The maximum atomic E-state index is 13.9. The van der Waals surface area contributed by atoms with Gasteiger partial charge < -0.3 is 4.57 Å². The Labute approximate surface area is 133 Å². The highest BCUT2D eigenvalue weighted by Gasteiger charge is 2.18. The fourth-order valence-corrected chi connectivity index (χ4v) is 3.56. The first-order chi connectivity index (χ1) is 10.2. The van der Waals surface area contributed by atoms with Crippen LogP contribution in [0.1, 0.15) is 38.2 Å². The van der Waals surface area contributed by atoms with Crippen molar-refractivity contribution in [2.24, 2.45) is 10.9 Å². The molecule has 0 N–H and O–H groups in total. The van der Waals surface area contributed by atoms with Gasteiger partial charge in [-0.25, -0.2) is 4.39 Å². The molecule has 1 saturated carbocycles. The van der Waals surface area contributed by atoms with Crippen LogP contribution in [0.15, 0.2) is 27.8 Å². The summed E-state index contributed by atoms with van der Waals surface area (Å²) in [6.07, 6.45) is 9.27. The Balaban J connectivity index is 2.05. The standard InChI is InChI=1S/C17H20BrFN2/c1-2-20-9-13-11-21(10-12-5-3-4-6-12)17-8-15(18)16(19)7-14(13)17/h7-9,11-12H,2-6,10H2,1H3. The lowest BCUT2D eigenvalue weighted by molar-refractivity contribution is 0.466. The summed E-state index contributed by atoms with van der Waals surface area (Å²) in [5.41, 5.74) is 2.10. The molecule has 112 valence electrons. The zero-order valence-corrected chi connectivity index (χ0v) is 13.9. The van der Waals surface area contributed by atoms with Crippen molar-refractivity contribution in [3.8, 4) is 0 Å². The molecule has 1 heterocycles. The van der Waals surface area contributed by atoms with Crippen LogP contribution in [0, 0.1) is 11.7 Å². The van der Waals surface area contributed by atoms with Gasteiger partial charge in [0.1, 0.15) is 5.82 Å². The minimum atomic E-state index is -0.215. The molecule has 4 heteroatoms. The van der Waals surface area contributed by atoms with Crippen molar-refractivity contribution in [2.75, 3.05) is 6.54 Å². The van der Waals surface area contributed by atoms with E-state index in [1.165, 1.54) is 25.7 Å². The van der Waals surface area contributed by atoms with Crippen molar-refractivity contribution in [3.05, 3.63) is 34.2 Å². The van der Waals surface area contributed by atoms with Gasteiger partial charge in [0.25, 0.3) is 0 Å². The average molecular weight is 351 g/mol. The molecule has 2 aromatic rings. The van der Waals surface area contributed by atoms with E-state index in [-0.39, 0.29) is 5.82 Å². The summed E-state index contributed by atoms with van der Waals surface area (Å²) in [7, 11) is 0. The van der Waals surface area contributed by atoms with Gasteiger partial charge >= 0.3 is 0 Å². The van der Waals surface area contributed by atoms with Crippen LogP contribution in [-0.2, 0) is 6.54 Å². The van der Waals surface area contributed by atoms with E-state index in [4.69, 9.17) is 0 Å². The summed E-state index contributed by atoms with van der Waals surface area (Å²) < 4.78 is 16.7. The van der Waals surface area contributed by atoms with E-state index in [1.54, 1.807) is 6.07 Å². The first kappa shape index (κ1) is 14.8. The smallest absolute Gasteiger partial charge is 0.138 e. The van der Waals surface area contributed by atoms with Gasteiger partial charge in [0, 0.05) is 36.5 Å². The van der Waals surface area contributed by atoms with E-state index < -0.39 is 0 Å². The quantitative estimate of drug-likeness (QED) is 0.676. The summed E-state index contributed by atoms with van der Waals surface area (Å²) in [5, 5.41) is 0.950. The summed E-state index contributed by atoms with van der Waals surface area (Å²) in [6, 6.07) is 3.50. The Morgan fingerprint density at radius 3 is 2.86 bits per heavy atom. The van der Waals surface area contributed by atoms with Crippen molar-refractivity contribution in [1.82, 2.24) is 4.57 Å². The number of benzene rings is 1. The third kappa shape index (κ3) is 3.05. The third-order valence-electron chi connectivity index (χ3n) is 4.30. The summed E-state index contributed by atoms with van der Waals surface area (Å²) in [5.74, 6) is 0.535. The maximum Gasteiger partial charge on any atom is 0.138 e. The molecule has 0 saturated heterocycles. The summed E-state index contributed by atoms with van der Waals surface area (Å²) in [4.78, 5) is 4.32. The lowest BCUT2D eigenvalue weighted by Gasteiger charge is -2.11. The molecule has 1 aliphatic rings. The highest BCUT2D eigenvalue weighted by atomic mass is 79.9. The third-order valence-corrected chi connectivity index (χ3v) is 4.90. The van der Waals surface area contributed by atoms with Crippen molar-refractivity contribution < 1.29 is 4.39 Å². The number of aromatic nitrogens is 1. The predicted octanol–water partition coefficient (Wildman–Crippen LogP) is 5.17. The molecule has 1 fully saturated rings. The zero-order chi connectivity index (χ0) is 14.8. The van der Waals surface area contributed by atoms with E-state index in [9.17, 15) is 4.39 Å². The van der Waals surface area contributed by atoms with Gasteiger partial charge in [-0.15, -0.1) is 0 Å². The second-order valence-corrected chi connectivity index (χ2v) is 6.65. The van der Waals surface area contributed by atoms with Crippen molar-refractivity contribution in [1.29, 1.82) is 0 Å². The van der Waals surface area contributed by atoms with E-state index in [1.807, 2.05) is 19.2 Å². The highest BCUT2D eigenvalue weighted by Crippen LogP contribution is 2.31. The van der Waals surface area contributed by atoms with E-state index >= 15 is 0 Å². The van der Waals surface area contributed by atoms with Crippen LogP contribution in [0.3, 0.4) is 0 Å². The number of aliphatic imine (C=N–C) groups is 1. The molecule has 3 rings (SSSR count). The largest absolute Gasteiger partial charge is 0.346 e. The minimum absolute atomic E-state index is 0.215. The van der Waals surface area contributed by atoms with Crippen LogP contribution in [0.4, 0.5) is 4.39 Å². The van der Waals surface area contributed by atoms with Crippen LogP contribution in [0.2, 0.25) is 0 Å². The molecular weight excluding hydrogens is 331 g/mol.